The van der Waals surface area contributed by atoms with Crippen LogP contribution in [0.1, 0.15) is 19.4 Å². The van der Waals surface area contributed by atoms with Gasteiger partial charge in [0.1, 0.15) is 6.33 Å². The van der Waals surface area contributed by atoms with E-state index in [-0.39, 0.29) is 24.0 Å². The summed E-state index contributed by atoms with van der Waals surface area (Å²) in [4.78, 5) is 8.77. The first-order chi connectivity index (χ1) is 11.3. The third-order valence-electron chi connectivity index (χ3n) is 3.12. The van der Waals surface area contributed by atoms with E-state index in [1.807, 2.05) is 32.0 Å². The maximum absolute atomic E-state index is 5.32. The third kappa shape index (κ3) is 6.83. The third-order valence-corrected chi connectivity index (χ3v) is 3.12. The molecule has 0 unspecified atom stereocenters. The van der Waals surface area contributed by atoms with Gasteiger partial charge in [0.25, 0.3) is 0 Å². The van der Waals surface area contributed by atoms with Crippen LogP contribution >= 0.6 is 24.0 Å². The van der Waals surface area contributed by atoms with Crippen molar-refractivity contribution in [1.82, 2.24) is 25.8 Å². The number of hydrogen-bond donors (Lipinski definition) is 3. The Kier molecular flexibility index (Phi) is 10.0. The van der Waals surface area contributed by atoms with Crippen LogP contribution in [0.4, 0.5) is 0 Å². The van der Waals surface area contributed by atoms with Gasteiger partial charge in [0, 0.05) is 25.3 Å². The summed E-state index contributed by atoms with van der Waals surface area (Å²) in [6, 6.07) is 8.11. The largest absolute Gasteiger partial charge is 0.380 e. The molecule has 0 radical (unpaired) electrons. The van der Waals surface area contributed by atoms with E-state index in [4.69, 9.17) is 4.74 Å². The summed E-state index contributed by atoms with van der Waals surface area (Å²) in [7, 11) is 0. The van der Waals surface area contributed by atoms with E-state index in [0.29, 0.717) is 13.2 Å². The van der Waals surface area contributed by atoms with Gasteiger partial charge in [0.2, 0.25) is 0 Å². The van der Waals surface area contributed by atoms with Crippen LogP contribution in [0.15, 0.2) is 35.6 Å². The standard InChI is InChI=1S/C16H24N6O.HI/c1-3-17-16(18-8-9-23-4-2)19-11-13-6-5-7-14(10-13)15-20-12-21-22-15;/h5-7,10,12H,3-4,8-9,11H2,1-2H3,(H2,17,18,19)(H,20,21,22);1H. The number of benzene rings is 1. The van der Waals surface area contributed by atoms with Crippen LogP contribution in [-0.4, -0.2) is 47.4 Å². The summed E-state index contributed by atoms with van der Waals surface area (Å²) in [5.74, 6) is 1.55. The lowest BCUT2D eigenvalue weighted by Gasteiger charge is -2.11. The van der Waals surface area contributed by atoms with Crippen LogP contribution in [0.25, 0.3) is 11.4 Å². The normalized spacial score (nSPS) is 11.0. The first-order valence-electron chi connectivity index (χ1n) is 7.88. The van der Waals surface area contributed by atoms with Gasteiger partial charge in [-0.05, 0) is 25.5 Å². The van der Waals surface area contributed by atoms with Gasteiger partial charge >= 0.3 is 0 Å². The zero-order valence-corrected chi connectivity index (χ0v) is 16.4. The van der Waals surface area contributed by atoms with Crippen molar-refractivity contribution in [1.29, 1.82) is 0 Å². The zero-order valence-electron chi connectivity index (χ0n) is 14.1. The van der Waals surface area contributed by atoms with Crippen molar-refractivity contribution in [3.63, 3.8) is 0 Å². The number of hydrogen-bond acceptors (Lipinski definition) is 4. The minimum absolute atomic E-state index is 0. The van der Waals surface area contributed by atoms with Crippen molar-refractivity contribution >= 4 is 29.9 Å². The predicted octanol–water partition coefficient (Wildman–Crippen LogP) is 2.18. The number of nitrogens with one attached hydrogen (secondary N) is 3. The fraction of sp³-hybridized carbons (Fsp3) is 0.438. The first kappa shape index (κ1) is 20.4. The maximum Gasteiger partial charge on any atom is 0.191 e. The quantitative estimate of drug-likeness (QED) is 0.252. The predicted molar refractivity (Wildman–Crippen MR) is 107 cm³/mol. The number of ether oxygens (including phenoxy) is 1. The van der Waals surface area contributed by atoms with Crippen LogP contribution in [-0.2, 0) is 11.3 Å². The summed E-state index contributed by atoms with van der Waals surface area (Å²) in [5, 5.41) is 13.2. The number of halogens is 1. The van der Waals surface area contributed by atoms with Crippen LogP contribution in [0.2, 0.25) is 0 Å². The van der Waals surface area contributed by atoms with Crippen molar-refractivity contribution in [3.05, 3.63) is 36.2 Å². The van der Waals surface area contributed by atoms with Gasteiger partial charge in [-0.15, -0.1) is 24.0 Å². The van der Waals surface area contributed by atoms with Gasteiger partial charge in [-0.1, -0.05) is 18.2 Å². The Balaban J connectivity index is 0.00000288. The molecule has 2 aromatic rings. The Morgan fingerprint density at radius 2 is 2.17 bits per heavy atom. The number of nitrogens with zero attached hydrogens (tertiary/aromatic N) is 3. The number of aromatic nitrogens is 3. The highest BCUT2D eigenvalue weighted by molar-refractivity contribution is 14.0. The second-order valence-electron chi connectivity index (χ2n) is 4.85. The van der Waals surface area contributed by atoms with E-state index in [0.717, 1.165) is 42.6 Å². The second-order valence-corrected chi connectivity index (χ2v) is 4.85. The molecule has 0 aliphatic heterocycles. The minimum atomic E-state index is 0. The van der Waals surface area contributed by atoms with Crippen molar-refractivity contribution in [2.45, 2.75) is 20.4 Å². The molecule has 1 aromatic carbocycles. The average Bonchev–Trinajstić information content (AvgIpc) is 3.11. The van der Waals surface area contributed by atoms with Gasteiger partial charge in [0.15, 0.2) is 11.8 Å². The molecule has 2 rings (SSSR count). The van der Waals surface area contributed by atoms with E-state index in [1.165, 1.54) is 6.33 Å². The van der Waals surface area contributed by atoms with Crippen molar-refractivity contribution in [2.75, 3.05) is 26.3 Å². The van der Waals surface area contributed by atoms with E-state index >= 15 is 0 Å². The average molecular weight is 444 g/mol. The van der Waals surface area contributed by atoms with Gasteiger partial charge < -0.3 is 15.4 Å². The Morgan fingerprint density at radius 1 is 1.29 bits per heavy atom. The summed E-state index contributed by atoms with van der Waals surface area (Å²) < 4.78 is 5.32. The number of H-pyrrole nitrogens is 1. The van der Waals surface area contributed by atoms with E-state index in [1.54, 1.807) is 0 Å². The van der Waals surface area contributed by atoms with Crippen LogP contribution in [0.3, 0.4) is 0 Å². The molecule has 0 fully saturated rings. The van der Waals surface area contributed by atoms with E-state index in [2.05, 4.69) is 36.9 Å². The number of rotatable bonds is 8. The smallest absolute Gasteiger partial charge is 0.191 e. The molecule has 0 saturated heterocycles. The molecular formula is C16H25IN6O. The molecule has 7 nitrogen and oxygen atoms in total. The van der Waals surface area contributed by atoms with Crippen molar-refractivity contribution < 1.29 is 4.74 Å². The van der Waals surface area contributed by atoms with Crippen LogP contribution in [0.5, 0.6) is 0 Å². The molecule has 0 saturated carbocycles. The fourth-order valence-corrected chi connectivity index (χ4v) is 2.06. The van der Waals surface area contributed by atoms with Gasteiger partial charge in [-0.25, -0.2) is 9.98 Å². The molecular weight excluding hydrogens is 419 g/mol. The highest BCUT2D eigenvalue weighted by Gasteiger charge is 2.02. The monoisotopic (exact) mass is 444 g/mol. The van der Waals surface area contributed by atoms with Gasteiger partial charge in [-0.2, -0.15) is 5.10 Å². The summed E-state index contributed by atoms with van der Waals surface area (Å²) >= 11 is 0. The van der Waals surface area contributed by atoms with Crippen molar-refractivity contribution in [2.24, 2.45) is 4.99 Å². The molecule has 1 aromatic heterocycles. The molecule has 0 spiro atoms. The molecule has 0 aliphatic rings. The lowest BCUT2D eigenvalue weighted by atomic mass is 10.1. The first-order valence-corrected chi connectivity index (χ1v) is 7.88. The molecule has 0 bridgehead atoms. The van der Waals surface area contributed by atoms with Crippen LogP contribution in [0, 0.1) is 0 Å². The highest BCUT2D eigenvalue weighted by atomic mass is 127. The Labute approximate surface area is 159 Å². The second kappa shape index (κ2) is 11.8. The maximum atomic E-state index is 5.32. The molecule has 0 atom stereocenters. The number of guanidine groups is 1. The van der Waals surface area contributed by atoms with E-state index in [9.17, 15) is 0 Å². The summed E-state index contributed by atoms with van der Waals surface area (Å²) in [6.07, 6.45) is 1.51. The highest BCUT2D eigenvalue weighted by Crippen LogP contribution is 2.15. The lowest BCUT2D eigenvalue weighted by molar-refractivity contribution is 0.152. The minimum Gasteiger partial charge on any atom is -0.380 e. The Morgan fingerprint density at radius 3 is 2.88 bits per heavy atom. The summed E-state index contributed by atoms with van der Waals surface area (Å²) in [5.41, 5.74) is 2.12. The lowest BCUT2D eigenvalue weighted by Crippen LogP contribution is -2.39. The van der Waals surface area contributed by atoms with Crippen molar-refractivity contribution in [3.8, 4) is 11.4 Å². The van der Waals surface area contributed by atoms with Gasteiger partial charge in [-0.3, -0.25) is 5.10 Å². The zero-order chi connectivity index (χ0) is 16.3. The van der Waals surface area contributed by atoms with E-state index < -0.39 is 0 Å². The SMILES string of the molecule is CCNC(=NCc1cccc(-c2ncn[nH]2)c1)NCCOCC.I. The van der Waals surface area contributed by atoms with Crippen LogP contribution < -0.4 is 10.6 Å². The molecule has 8 heteroatoms. The summed E-state index contributed by atoms with van der Waals surface area (Å²) in [6.45, 7) is 7.57. The molecule has 1 heterocycles. The topological polar surface area (TPSA) is 87.2 Å². The Bertz CT molecular complexity index is 602. The number of aromatic amines is 1. The number of aliphatic imine (C=N–C) groups is 1. The molecule has 3 N–H and O–H groups in total. The fourth-order valence-electron chi connectivity index (χ4n) is 2.06. The van der Waals surface area contributed by atoms with Gasteiger partial charge in [0.05, 0.1) is 13.2 Å². The molecule has 132 valence electrons. The molecule has 0 aliphatic carbocycles. The Hall–Kier alpha value is -1.68. The molecule has 24 heavy (non-hydrogen) atoms. The molecule has 0 amide bonds.